The maximum absolute atomic E-state index is 9.65. The highest BCUT2D eigenvalue weighted by Gasteiger charge is 2.21. The fraction of sp³-hybridized carbons (Fsp3) is 0.571. The average Bonchev–Trinajstić information content (AvgIpc) is 2.42. The molecule has 0 aliphatic carbocycles. The van der Waals surface area contributed by atoms with Gasteiger partial charge >= 0.3 is 0 Å². The highest BCUT2D eigenvalue weighted by Crippen LogP contribution is 2.24. The third-order valence-corrected chi connectivity index (χ3v) is 3.32. The first-order chi connectivity index (χ1) is 8.85. The first-order valence-corrected chi connectivity index (χ1v) is 6.63. The molecule has 0 radical (unpaired) electrons. The van der Waals surface area contributed by atoms with Gasteiger partial charge < -0.3 is 15.2 Å². The van der Waals surface area contributed by atoms with Crippen molar-refractivity contribution in [3.8, 4) is 5.75 Å². The Morgan fingerprint density at radius 2 is 2.17 bits per heavy atom. The van der Waals surface area contributed by atoms with Crippen LogP contribution in [0.4, 0.5) is 0 Å². The summed E-state index contributed by atoms with van der Waals surface area (Å²) < 4.78 is 5.52. The van der Waals surface area contributed by atoms with E-state index in [1.165, 1.54) is 0 Å². The van der Waals surface area contributed by atoms with Crippen molar-refractivity contribution in [2.45, 2.75) is 13.0 Å². The van der Waals surface area contributed by atoms with Crippen molar-refractivity contribution in [3.63, 3.8) is 0 Å². The van der Waals surface area contributed by atoms with E-state index in [0.29, 0.717) is 6.61 Å². The van der Waals surface area contributed by atoms with Gasteiger partial charge in [-0.05, 0) is 24.6 Å². The van der Waals surface area contributed by atoms with E-state index in [-0.39, 0.29) is 12.6 Å². The highest BCUT2D eigenvalue weighted by atomic mass is 16.5. The second kappa shape index (κ2) is 6.73. The van der Waals surface area contributed by atoms with Gasteiger partial charge in [0.25, 0.3) is 0 Å². The second-order valence-corrected chi connectivity index (χ2v) is 4.49. The molecular formula is C14H22N2O2. The molecule has 0 bridgehead atoms. The van der Waals surface area contributed by atoms with Crippen LogP contribution in [-0.4, -0.2) is 49.4 Å². The van der Waals surface area contributed by atoms with Gasteiger partial charge in [-0.25, -0.2) is 0 Å². The summed E-state index contributed by atoms with van der Waals surface area (Å²) in [5.41, 5.74) is 1.13. The lowest BCUT2D eigenvalue weighted by atomic mass is 10.0. The first-order valence-electron chi connectivity index (χ1n) is 6.63. The summed E-state index contributed by atoms with van der Waals surface area (Å²) in [6, 6.07) is 8.12. The molecule has 1 saturated heterocycles. The standard InChI is InChI=1S/C14H22N2O2/c1-2-18-13-5-3-4-12(10-13)14(11-17)16-8-6-15-7-9-16/h3-5,10,14-15,17H,2,6-9,11H2,1H3/t14-/m0/s1. The van der Waals surface area contributed by atoms with Crippen LogP contribution < -0.4 is 10.1 Å². The molecule has 1 aliphatic rings. The van der Waals surface area contributed by atoms with E-state index < -0.39 is 0 Å². The molecule has 1 aromatic carbocycles. The molecule has 0 spiro atoms. The van der Waals surface area contributed by atoms with E-state index in [9.17, 15) is 5.11 Å². The lowest BCUT2D eigenvalue weighted by molar-refractivity contribution is 0.110. The number of aliphatic hydroxyl groups is 1. The molecule has 0 saturated carbocycles. The summed E-state index contributed by atoms with van der Waals surface area (Å²) in [4.78, 5) is 2.32. The van der Waals surface area contributed by atoms with Gasteiger partial charge in [0.05, 0.1) is 19.3 Å². The summed E-state index contributed by atoms with van der Waals surface area (Å²) >= 11 is 0. The van der Waals surface area contributed by atoms with Crippen molar-refractivity contribution >= 4 is 0 Å². The summed E-state index contributed by atoms with van der Waals surface area (Å²) in [6.07, 6.45) is 0. The zero-order chi connectivity index (χ0) is 12.8. The fourth-order valence-electron chi connectivity index (χ4n) is 2.40. The van der Waals surface area contributed by atoms with E-state index in [4.69, 9.17) is 4.74 Å². The lowest BCUT2D eigenvalue weighted by Gasteiger charge is -2.34. The largest absolute Gasteiger partial charge is 0.494 e. The Hall–Kier alpha value is -1.10. The van der Waals surface area contributed by atoms with Gasteiger partial charge in [0.1, 0.15) is 5.75 Å². The van der Waals surface area contributed by atoms with Crippen molar-refractivity contribution in [3.05, 3.63) is 29.8 Å². The van der Waals surface area contributed by atoms with Gasteiger partial charge in [-0.2, -0.15) is 0 Å². The second-order valence-electron chi connectivity index (χ2n) is 4.49. The minimum absolute atomic E-state index is 0.0764. The number of nitrogens with zero attached hydrogens (tertiary/aromatic N) is 1. The first kappa shape index (κ1) is 13.3. The van der Waals surface area contributed by atoms with Crippen LogP contribution in [0.5, 0.6) is 5.75 Å². The third kappa shape index (κ3) is 3.22. The van der Waals surface area contributed by atoms with Gasteiger partial charge in [-0.3, -0.25) is 4.90 Å². The normalized spacial score (nSPS) is 18.6. The Kier molecular flexibility index (Phi) is 4.99. The molecule has 0 amide bonds. The van der Waals surface area contributed by atoms with E-state index >= 15 is 0 Å². The molecule has 2 N–H and O–H groups in total. The van der Waals surface area contributed by atoms with Crippen molar-refractivity contribution in [2.75, 3.05) is 39.4 Å². The molecule has 4 nitrogen and oxygen atoms in total. The molecule has 1 fully saturated rings. The predicted octanol–water partition coefficient (Wildman–Crippen LogP) is 1.02. The molecule has 4 heteroatoms. The van der Waals surface area contributed by atoms with Crippen molar-refractivity contribution in [2.24, 2.45) is 0 Å². The van der Waals surface area contributed by atoms with Gasteiger partial charge in [0.2, 0.25) is 0 Å². The van der Waals surface area contributed by atoms with Crippen LogP contribution in [0, 0.1) is 0 Å². The van der Waals surface area contributed by atoms with E-state index in [2.05, 4.69) is 16.3 Å². The lowest BCUT2D eigenvalue weighted by Crippen LogP contribution is -2.46. The number of aliphatic hydroxyl groups excluding tert-OH is 1. The highest BCUT2D eigenvalue weighted by molar-refractivity contribution is 5.30. The topological polar surface area (TPSA) is 44.7 Å². The Morgan fingerprint density at radius 3 is 2.83 bits per heavy atom. The van der Waals surface area contributed by atoms with Crippen LogP contribution >= 0.6 is 0 Å². The van der Waals surface area contributed by atoms with Gasteiger partial charge in [-0.1, -0.05) is 12.1 Å². The Labute approximate surface area is 109 Å². The molecule has 1 heterocycles. The van der Waals surface area contributed by atoms with Crippen LogP contribution in [0.3, 0.4) is 0 Å². The number of rotatable bonds is 5. The number of piperazine rings is 1. The maximum Gasteiger partial charge on any atom is 0.119 e. The van der Waals surface area contributed by atoms with Crippen molar-refractivity contribution < 1.29 is 9.84 Å². The minimum atomic E-state index is 0.0764. The molecule has 18 heavy (non-hydrogen) atoms. The summed E-state index contributed by atoms with van der Waals surface area (Å²) in [5.74, 6) is 0.878. The monoisotopic (exact) mass is 250 g/mol. The van der Waals surface area contributed by atoms with Crippen LogP contribution in [-0.2, 0) is 0 Å². The zero-order valence-electron chi connectivity index (χ0n) is 10.9. The van der Waals surface area contributed by atoms with Crippen molar-refractivity contribution in [1.29, 1.82) is 0 Å². The maximum atomic E-state index is 9.65. The van der Waals surface area contributed by atoms with Crippen molar-refractivity contribution in [1.82, 2.24) is 10.2 Å². The van der Waals surface area contributed by atoms with E-state index in [1.54, 1.807) is 0 Å². The predicted molar refractivity (Wildman–Crippen MR) is 71.9 cm³/mol. The molecule has 1 aliphatic heterocycles. The molecule has 100 valence electrons. The molecule has 1 atom stereocenters. The van der Waals surface area contributed by atoms with Gasteiger partial charge in [0, 0.05) is 26.2 Å². The molecule has 2 rings (SSSR count). The molecular weight excluding hydrogens is 228 g/mol. The number of ether oxygens (including phenoxy) is 1. The molecule has 1 aromatic rings. The third-order valence-electron chi connectivity index (χ3n) is 3.32. The van der Waals surface area contributed by atoms with E-state index in [0.717, 1.165) is 37.5 Å². The van der Waals surface area contributed by atoms with Gasteiger partial charge in [-0.15, -0.1) is 0 Å². The van der Waals surface area contributed by atoms with Crippen LogP contribution in [0.2, 0.25) is 0 Å². The Balaban J connectivity index is 2.12. The Morgan fingerprint density at radius 1 is 1.39 bits per heavy atom. The summed E-state index contributed by atoms with van der Waals surface area (Å²) in [6.45, 7) is 6.72. The smallest absolute Gasteiger partial charge is 0.119 e. The molecule has 0 unspecified atom stereocenters. The summed E-state index contributed by atoms with van der Waals surface area (Å²) in [7, 11) is 0. The summed E-state index contributed by atoms with van der Waals surface area (Å²) in [5, 5.41) is 13.0. The number of nitrogens with one attached hydrogen (secondary N) is 1. The SMILES string of the molecule is CCOc1cccc([C@H](CO)N2CCNCC2)c1. The van der Waals surface area contributed by atoms with E-state index in [1.807, 2.05) is 25.1 Å². The molecule has 0 aromatic heterocycles. The van der Waals surface area contributed by atoms with Crippen LogP contribution in [0.1, 0.15) is 18.5 Å². The quantitative estimate of drug-likeness (QED) is 0.819. The number of hydrogen-bond donors (Lipinski definition) is 2. The Bertz CT molecular complexity index is 365. The van der Waals surface area contributed by atoms with Crippen LogP contribution in [0.15, 0.2) is 24.3 Å². The van der Waals surface area contributed by atoms with Crippen LogP contribution in [0.25, 0.3) is 0 Å². The van der Waals surface area contributed by atoms with Gasteiger partial charge in [0.15, 0.2) is 0 Å². The number of benzene rings is 1. The fourth-order valence-corrected chi connectivity index (χ4v) is 2.40. The minimum Gasteiger partial charge on any atom is -0.494 e. The average molecular weight is 250 g/mol. The zero-order valence-corrected chi connectivity index (χ0v) is 10.9. The number of hydrogen-bond acceptors (Lipinski definition) is 4.